The molecule has 0 bridgehead atoms. The summed E-state index contributed by atoms with van der Waals surface area (Å²) in [6, 6.07) is 1.69. The van der Waals surface area contributed by atoms with E-state index in [1.54, 1.807) is 18.5 Å². The Kier molecular flexibility index (Phi) is 3.76. The molecule has 124 valence electrons. The number of halogens is 1. The van der Waals surface area contributed by atoms with Gasteiger partial charge in [-0.3, -0.25) is 9.78 Å². The number of nitrogens with zero attached hydrogens (tertiary/aromatic N) is 4. The minimum Gasteiger partial charge on any atom is -0.338 e. The van der Waals surface area contributed by atoms with Crippen LogP contribution in [0.5, 0.6) is 0 Å². The topological polar surface area (TPSA) is 59.0 Å². The smallest absolute Gasteiger partial charge is 0.255 e. The number of pyridine rings is 1. The SMILES string of the molecule is Cc1ncc2c(n1)C1(CCCN(C(=O)c3cncc(Cl)c3)C1)CC2. The van der Waals surface area contributed by atoms with Gasteiger partial charge in [-0.2, -0.15) is 0 Å². The molecule has 0 N–H and O–H groups in total. The number of likely N-dealkylation sites (tertiary alicyclic amines) is 1. The molecule has 0 radical (unpaired) electrons. The van der Waals surface area contributed by atoms with Gasteiger partial charge in [-0.05, 0) is 44.2 Å². The second-order valence-corrected chi connectivity index (χ2v) is 7.23. The molecule has 0 aromatic carbocycles. The quantitative estimate of drug-likeness (QED) is 0.799. The molecule has 1 aliphatic carbocycles. The van der Waals surface area contributed by atoms with Gasteiger partial charge in [-0.15, -0.1) is 0 Å². The molecule has 1 fully saturated rings. The molecule has 2 aromatic heterocycles. The number of fused-ring (bicyclic) bond motifs is 2. The Bertz CT molecular complexity index is 805. The maximum absolute atomic E-state index is 12.9. The van der Waals surface area contributed by atoms with Crippen molar-refractivity contribution in [3.63, 3.8) is 0 Å². The lowest BCUT2D eigenvalue weighted by Gasteiger charge is -2.40. The van der Waals surface area contributed by atoms with Gasteiger partial charge in [0.2, 0.25) is 0 Å². The van der Waals surface area contributed by atoms with Crippen LogP contribution in [-0.4, -0.2) is 38.8 Å². The van der Waals surface area contributed by atoms with E-state index >= 15 is 0 Å². The van der Waals surface area contributed by atoms with Gasteiger partial charge in [0.1, 0.15) is 5.82 Å². The van der Waals surface area contributed by atoms with Gasteiger partial charge in [0.15, 0.2) is 0 Å². The van der Waals surface area contributed by atoms with Crippen LogP contribution in [0, 0.1) is 6.92 Å². The van der Waals surface area contributed by atoms with Crippen LogP contribution >= 0.6 is 11.6 Å². The van der Waals surface area contributed by atoms with Crippen molar-refractivity contribution in [2.75, 3.05) is 13.1 Å². The number of hydrogen-bond acceptors (Lipinski definition) is 4. The Labute approximate surface area is 146 Å². The van der Waals surface area contributed by atoms with Crippen molar-refractivity contribution < 1.29 is 4.79 Å². The molecular weight excluding hydrogens is 324 g/mol. The highest BCUT2D eigenvalue weighted by atomic mass is 35.5. The van der Waals surface area contributed by atoms with Crippen molar-refractivity contribution in [3.8, 4) is 0 Å². The van der Waals surface area contributed by atoms with Crippen LogP contribution in [0.1, 0.15) is 46.7 Å². The Morgan fingerprint density at radius 1 is 1.29 bits per heavy atom. The molecule has 3 heterocycles. The van der Waals surface area contributed by atoms with Crippen LogP contribution < -0.4 is 0 Å². The first-order chi connectivity index (χ1) is 11.6. The van der Waals surface area contributed by atoms with Crippen molar-refractivity contribution in [1.82, 2.24) is 19.9 Å². The molecular formula is C18H19ClN4O. The standard InChI is InChI=1S/C18H19ClN4O/c1-12-21-9-13-3-5-18(16(13)22-12)4-2-6-23(11-18)17(24)14-7-15(19)10-20-8-14/h7-10H,2-6,11H2,1H3. The highest BCUT2D eigenvalue weighted by Gasteiger charge is 2.44. The summed E-state index contributed by atoms with van der Waals surface area (Å²) in [5.41, 5.74) is 2.91. The summed E-state index contributed by atoms with van der Waals surface area (Å²) in [7, 11) is 0. The first kappa shape index (κ1) is 15.5. The summed E-state index contributed by atoms with van der Waals surface area (Å²) in [6.07, 6.45) is 9.19. The summed E-state index contributed by atoms with van der Waals surface area (Å²) in [5, 5.41) is 0.488. The van der Waals surface area contributed by atoms with Gasteiger partial charge < -0.3 is 4.90 Å². The monoisotopic (exact) mass is 342 g/mol. The molecule has 1 amide bonds. The van der Waals surface area contributed by atoms with E-state index in [9.17, 15) is 4.79 Å². The molecule has 24 heavy (non-hydrogen) atoms. The lowest BCUT2D eigenvalue weighted by atomic mass is 9.77. The van der Waals surface area contributed by atoms with Crippen molar-refractivity contribution in [2.45, 2.75) is 38.0 Å². The maximum atomic E-state index is 12.9. The van der Waals surface area contributed by atoms with E-state index in [0.29, 0.717) is 17.1 Å². The molecule has 2 aromatic rings. The van der Waals surface area contributed by atoms with E-state index in [-0.39, 0.29) is 11.3 Å². The zero-order chi connectivity index (χ0) is 16.7. The van der Waals surface area contributed by atoms with Gasteiger partial charge in [-0.25, -0.2) is 9.97 Å². The van der Waals surface area contributed by atoms with E-state index in [0.717, 1.165) is 43.7 Å². The lowest BCUT2D eigenvalue weighted by molar-refractivity contribution is 0.0633. The fourth-order valence-corrected chi connectivity index (χ4v) is 4.22. The molecule has 1 spiro atoms. The summed E-state index contributed by atoms with van der Waals surface area (Å²) >= 11 is 5.98. The van der Waals surface area contributed by atoms with Crippen molar-refractivity contribution >= 4 is 17.5 Å². The molecule has 5 nitrogen and oxygen atoms in total. The van der Waals surface area contributed by atoms with Gasteiger partial charge in [0.05, 0.1) is 16.3 Å². The maximum Gasteiger partial charge on any atom is 0.255 e. The molecule has 1 atom stereocenters. The van der Waals surface area contributed by atoms with E-state index in [2.05, 4.69) is 9.97 Å². The number of carbonyl (C=O) groups excluding carboxylic acids is 1. The number of aryl methyl sites for hydroxylation is 2. The summed E-state index contributed by atoms with van der Waals surface area (Å²) in [5.74, 6) is 0.806. The van der Waals surface area contributed by atoms with Gasteiger partial charge in [0, 0.05) is 37.1 Å². The number of hydrogen-bond donors (Lipinski definition) is 0. The second-order valence-electron chi connectivity index (χ2n) is 6.79. The van der Waals surface area contributed by atoms with Crippen molar-refractivity contribution in [2.24, 2.45) is 0 Å². The molecule has 1 unspecified atom stereocenters. The fraction of sp³-hybridized carbons (Fsp3) is 0.444. The van der Waals surface area contributed by atoms with Crippen LogP contribution in [0.2, 0.25) is 5.02 Å². The van der Waals surface area contributed by atoms with E-state index in [1.165, 1.54) is 5.56 Å². The summed E-state index contributed by atoms with van der Waals surface area (Å²) in [6.45, 7) is 3.41. The first-order valence-electron chi connectivity index (χ1n) is 8.30. The molecule has 4 rings (SSSR count). The van der Waals surface area contributed by atoms with E-state index < -0.39 is 0 Å². The van der Waals surface area contributed by atoms with Crippen LogP contribution in [0.15, 0.2) is 24.7 Å². The summed E-state index contributed by atoms with van der Waals surface area (Å²) < 4.78 is 0. The number of carbonyl (C=O) groups is 1. The molecule has 2 aliphatic rings. The van der Waals surface area contributed by atoms with Crippen LogP contribution in [-0.2, 0) is 11.8 Å². The predicted octanol–water partition coefficient (Wildman–Crippen LogP) is 2.95. The Morgan fingerprint density at radius 3 is 3.00 bits per heavy atom. The Morgan fingerprint density at radius 2 is 2.17 bits per heavy atom. The third kappa shape index (κ3) is 2.57. The zero-order valence-corrected chi connectivity index (χ0v) is 14.4. The van der Waals surface area contributed by atoms with Crippen molar-refractivity contribution in [1.29, 1.82) is 0 Å². The van der Waals surface area contributed by atoms with Gasteiger partial charge >= 0.3 is 0 Å². The fourth-order valence-electron chi connectivity index (χ4n) is 4.04. The van der Waals surface area contributed by atoms with E-state index in [4.69, 9.17) is 16.6 Å². The highest BCUT2D eigenvalue weighted by molar-refractivity contribution is 6.30. The third-order valence-electron chi connectivity index (χ3n) is 5.18. The van der Waals surface area contributed by atoms with Crippen LogP contribution in [0.25, 0.3) is 0 Å². The number of rotatable bonds is 1. The largest absolute Gasteiger partial charge is 0.338 e. The lowest BCUT2D eigenvalue weighted by Crippen LogP contribution is -2.48. The minimum atomic E-state index is -0.0249. The molecule has 1 aliphatic heterocycles. The van der Waals surface area contributed by atoms with Gasteiger partial charge in [-0.1, -0.05) is 11.6 Å². The number of amides is 1. The molecule has 6 heteroatoms. The molecule has 0 saturated carbocycles. The number of piperidine rings is 1. The van der Waals surface area contributed by atoms with Gasteiger partial charge in [0.25, 0.3) is 5.91 Å². The average molecular weight is 343 g/mol. The summed E-state index contributed by atoms with van der Waals surface area (Å²) in [4.78, 5) is 27.9. The Balaban J connectivity index is 1.64. The van der Waals surface area contributed by atoms with E-state index in [1.807, 2.05) is 18.0 Å². The molecule has 1 saturated heterocycles. The highest BCUT2D eigenvalue weighted by Crippen LogP contribution is 2.44. The second kappa shape index (κ2) is 5.81. The van der Waals surface area contributed by atoms with Crippen LogP contribution in [0.3, 0.4) is 0 Å². The first-order valence-corrected chi connectivity index (χ1v) is 8.68. The van der Waals surface area contributed by atoms with Crippen molar-refractivity contribution in [3.05, 3.63) is 52.3 Å². The Hall–Kier alpha value is -2.01. The third-order valence-corrected chi connectivity index (χ3v) is 5.38. The normalized spacial score (nSPS) is 22.7. The van der Waals surface area contributed by atoms with Crippen LogP contribution in [0.4, 0.5) is 0 Å². The zero-order valence-electron chi connectivity index (χ0n) is 13.6. The average Bonchev–Trinajstić information content (AvgIpc) is 2.92. The number of aromatic nitrogens is 3. The minimum absolute atomic E-state index is 0.00306. The predicted molar refractivity (Wildman–Crippen MR) is 91.2 cm³/mol.